The van der Waals surface area contributed by atoms with Gasteiger partial charge in [-0.3, -0.25) is 0 Å². The van der Waals surface area contributed by atoms with Crippen molar-refractivity contribution in [1.29, 1.82) is 0 Å². The van der Waals surface area contributed by atoms with E-state index in [1.165, 1.54) is 46.8 Å². The van der Waals surface area contributed by atoms with E-state index in [2.05, 4.69) is 135 Å². The van der Waals surface area contributed by atoms with Crippen molar-refractivity contribution in [1.82, 2.24) is 9.97 Å². The van der Waals surface area contributed by atoms with Crippen LogP contribution in [0.3, 0.4) is 0 Å². The molecule has 245 valence electrons. The first-order chi connectivity index (χ1) is 22.5. The van der Waals surface area contributed by atoms with E-state index in [1.807, 2.05) is 54.1 Å². The van der Waals surface area contributed by atoms with Crippen molar-refractivity contribution in [2.75, 3.05) is 0 Å². The van der Waals surface area contributed by atoms with Gasteiger partial charge in [-0.15, -0.1) is 23.8 Å². The van der Waals surface area contributed by atoms with E-state index in [-0.39, 0.29) is 25.5 Å². The fourth-order valence-electron chi connectivity index (χ4n) is 5.76. The number of pyridine rings is 2. The molecule has 0 unspecified atom stereocenters. The third-order valence-electron chi connectivity index (χ3n) is 8.35. The minimum Gasteiger partial charge on any atom is 0 e. The Balaban J connectivity index is 0.000000224. The summed E-state index contributed by atoms with van der Waals surface area (Å²) < 4.78 is 4.01. The van der Waals surface area contributed by atoms with Gasteiger partial charge < -0.3 is 4.98 Å². The van der Waals surface area contributed by atoms with E-state index < -0.39 is 13.3 Å². The van der Waals surface area contributed by atoms with Gasteiger partial charge in [0.15, 0.2) is 0 Å². The molecule has 1 radical (unpaired) electrons. The van der Waals surface area contributed by atoms with Crippen molar-refractivity contribution in [3.63, 3.8) is 0 Å². The quantitative estimate of drug-likeness (QED) is 0.127. The number of fused-ring (bicyclic) bond motifs is 3. The van der Waals surface area contributed by atoms with Crippen molar-refractivity contribution in [3.05, 3.63) is 139 Å². The molecule has 0 N–H and O–H groups in total. The Morgan fingerprint density at radius 1 is 0.708 bits per heavy atom. The van der Waals surface area contributed by atoms with Crippen LogP contribution in [0.4, 0.5) is 0 Å². The van der Waals surface area contributed by atoms with Crippen molar-refractivity contribution in [2.45, 2.75) is 51.4 Å². The van der Waals surface area contributed by atoms with E-state index >= 15 is 0 Å². The minimum atomic E-state index is -1.72. The Bertz CT molecular complexity index is 2130. The van der Waals surface area contributed by atoms with Gasteiger partial charge in [0, 0.05) is 31.0 Å². The molecule has 0 aliphatic carbocycles. The second-order valence-electron chi connectivity index (χ2n) is 14.5. The summed E-state index contributed by atoms with van der Waals surface area (Å²) in [7, 11) is 0. The van der Waals surface area contributed by atoms with E-state index in [4.69, 9.17) is 4.98 Å². The zero-order chi connectivity index (χ0) is 33.2. The van der Waals surface area contributed by atoms with E-state index in [0.717, 1.165) is 28.9 Å². The standard InChI is InChI=1S/C29H26NS.C14H16GeN.Ir/c1-19-18-30-26(15-22(19)17-29(2,3)4)25-12-8-11-24-23-14-13-21(16-27(23)31-28(24)25)20-9-6-5-7-10-20;1-15(2,3)13-9-10-14(16-11-13)12-7-5-4-6-8-12;/h5-11,13-16,18H,17H2,1-4H3;4-7,9-11H,1-3H3;/q2*-1;. The number of nitrogens with zero attached hydrogens (tertiary/aromatic N) is 2. The largest absolute Gasteiger partial charge is 0 e. The summed E-state index contributed by atoms with van der Waals surface area (Å²) in [5.74, 6) is 7.14. The normalized spacial score (nSPS) is 11.6. The van der Waals surface area contributed by atoms with Crippen LogP contribution in [0, 0.1) is 24.5 Å². The molecule has 48 heavy (non-hydrogen) atoms. The van der Waals surface area contributed by atoms with Crippen LogP contribution in [0.25, 0.3) is 53.8 Å². The summed E-state index contributed by atoms with van der Waals surface area (Å²) in [5, 5.41) is 2.59. The Labute approximate surface area is 306 Å². The fourth-order valence-corrected chi connectivity index (χ4v) is 9.17. The molecule has 7 aromatic rings. The van der Waals surface area contributed by atoms with Gasteiger partial charge >= 0.3 is 99.8 Å². The van der Waals surface area contributed by atoms with Gasteiger partial charge in [-0.25, -0.2) is 0 Å². The molecule has 0 fully saturated rings. The number of hydrogen-bond acceptors (Lipinski definition) is 3. The monoisotopic (exact) mass is 885 g/mol. The SMILES string of the molecule is Cc1cnc(-c2[c-]ccc3c2sc2cc(-c4ccccc4)ccc23)cc1CC(C)(C)C.[CH3][Ge]([CH3])([CH3])[c]1ccc(-c2[c-]cccc2)nc1.[Ir]. The van der Waals surface area contributed by atoms with Crippen LogP contribution in [0.15, 0.2) is 116 Å². The van der Waals surface area contributed by atoms with Crippen molar-refractivity contribution < 1.29 is 20.1 Å². The van der Waals surface area contributed by atoms with E-state index in [9.17, 15) is 0 Å². The van der Waals surface area contributed by atoms with Crippen LogP contribution in [-0.2, 0) is 26.5 Å². The molecule has 0 saturated carbocycles. The van der Waals surface area contributed by atoms with E-state index in [0.29, 0.717) is 0 Å². The van der Waals surface area contributed by atoms with Crippen LogP contribution < -0.4 is 4.40 Å². The first kappa shape index (κ1) is 35.9. The van der Waals surface area contributed by atoms with Gasteiger partial charge in [-0.2, -0.15) is 11.3 Å². The Hall–Kier alpha value is -3.41. The zero-order valence-electron chi connectivity index (χ0n) is 28.8. The van der Waals surface area contributed by atoms with Crippen molar-refractivity contribution in [3.8, 4) is 33.6 Å². The molecule has 0 aliphatic rings. The maximum atomic E-state index is 4.80. The van der Waals surface area contributed by atoms with Gasteiger partial charge in [0.05, 0.1) is 0 Å². The third kappa shape index (κ3) is 8.41. The number of rotatable bonds is 5. The summed E-state index contributed by atoms with van der Waals surface area (Å²) in [6.45, 7) is 9.02. The number of aryl methyl sites for hydroxylation is 1. The summed E-state index contributed by atoms with van der Waals surface area (Å²) >= 11 is 0.128. The van der Waals surface area contributed by atoms with Crippen LogP contribution in [0.1, 0.15) is 31.9 Å². The topological polar surface area (TPSA) is 25.8 Å². The smallest absolute Gasteiger partial charge is 0 e. The summed E-state index contributed by atoms with van der Waals surface area (Å²) in [6.07, 6.45) is 5.09. The summed E-state index contributed by atoms with van der Waals surface area (Å²) in [5.41, 5.74) is 9.58. The van der Waals surface area contributed by atoms with Crippen LogP contribution in [-0.4, -0.2) is 23.2 Å². The third-order valence-corrected chi connectivity index (χ3v) is 13.8. The van der Waals surface area contributed by atoms with Crippen LogP contribution >= 0.6 is 11.3 Å². The van der Waals surface area contributed by atoms with Crippen molar-refractivity contribution >= 4 is 49.2 Å². The molecule has 0 atom stereocenters. The minimum absolute atomic E-state index is 0. The van der Waals surface area contributed by atoms with Crippen LogP contribution in [0.5, 0.6) is 0 Å². The second-order valence-corrected chi connectivity index (χ2v) is 26.2. The summed E-state index contributed by atoms with van der Waals surface area (Å²) in [6, 6.07) is 42.9. The average Bonchev–Trinajstić information content (AvgIpc) is 3.44. The van der Waals surface area contributed by atoms with Gasteiger partial charge in [0.25, 0.3) is 0 Å². The Morgan fingerprint density at radius 2 is 1.46 bits per heavy atom. The maximum Gasteiger partial charge on any atom is 0 e. The van der Waals surface area contributed by atoms with Gasteiger partial charge in [0.1, 0.15) is 0 Å². The molecule has 0 spiro atoms. The first-order valence-electron chi connectivity index (χ1n) is 16.3. The Morgan fingerprint density at radius 3 is 2.12 bits per heavy atom. The van der Waals surface area contributed by atoms with E-state index in [1.54, 1.807) is 0 Å². The molecular formula is C43H42GeIrN2S-2. The van der Waals surface area contributed by atoms with Gasteiger partial charge in [-0.05, 0) is 57.3 Å². The van der Waals surface area contributed by atoms with Gasteiger partial charge in [-0.1, -0.05) is 80.3 Å². The summed E-state index contributed by atoms with van der Waals surface area (Å²) in [4.78, 5) is 9.33. The molecule has 3 heterocycles. The van der Waals surface area contributed by atoms with Crippen LogP contribution in [0.2, 0.25) is 17.3 Å². The predicted molar refractivity (Wildman–Crippen MR) is 206 cm³/mol. The van der Waals surface area contributed by atoms with Gasteiger partial charge in [0.2, 0.25) is 0 Å². The fraction of sp³-hybridized carbons (Fsp3) is 0.209. The zero-order valence-corrected chi connectivity index (χ0v) is 34.1. The molecule has 0 saturated heterocycles. The number of aromatic nitrogens is 2. The predicted octanol–water partition coefficient (Wildman–Crippen LogP) is 11.6. The first-order valence-corrected chi connectivity index (χ1v) is 24.4. The molecule has 7 rings (SSSR count). The molecular weight excluding hydrogens is 841 g/mol. The number of thiophene rings is 1. The maximum absolute atomic E-state index is 4.80. The molecule has 5 heteroatoms. The number of benzene rings is 4. The second kappa shape index (κ2) is 15.0. The number of hydrogen-bond donors (Lipinski definition) is 0. The molecule has 0 aliphatic heterocycles. The molecule has 4 aromatic carbocycles. The molecule has 0 amide bonds. The van der Waals surface area contributed by atoms with Crippen molar-refractivity contribution in [2.24, 2.45) is 5.41 Å². The average molecular weight is 884 g/mol. The molecule has 0 bridgehead atoms. The molecule has 2 nitrogen and oxygen atoms in total. The molecule has 3 aromatic heterocycles. The Kier molecular flexibility index (Phi) is 11.2.